The lowest BCUT2D eigenvalue weighted by molar-refractivity contribution is -0.122. The lowest BCUT2D eigenvalue weighted by Crippen LogP contribution is -2.30. The van der Waals surface area contributed by atoms with Gasteiger partial charge in [0.15, 0.2) is 0 Å². The van der Waals surface area contributed by atoms with Crippen LogP contribution < -0.4 is 4.90 Å². The summed E-state index contributed by atoms with van der Waals surface area (Å²) in [7, 11) is 1.86. The van der Waals surface area contributed by atoms with Crippen LogP contribution in [0.4, 0.5) is 10.1 Å². The Balaban J connectivity index is 2.04. The van der Waals surface area contributed by atoms with E-state index in [0.717, 1.165) is 25.7 Å². The molecule has 2 rings (SSSR count). The third-order valence-electron chi connectivity index (χ3n) is 3.69. The van der Waals surface area contributed by atoms with Gasteiger partial charge in [-0.1, -0.05) is 25.0 Å². The molecule has 1 aliphatic carbocycles. The number of halogens is 1. The van der Waals surface area contributed by atoms with Crippen molar-refractivity contribution in [2.24, 2.45) is 5.92 Å². The molecule has 0 N–H and O–H groups in total. The van der Waals surface area contributed by atoms with E-state index in [-0.39, 0.29) is 11.7 Å². The highest BCUT2D eigenvalue weighted by Crippen LogP contribution is 2.24. The highest BCUT2D eigenvalue weighted by atomic mass is 19.1. The van der Waals surface area contributed by atoms with Crippen LogP contribution in [0, 0.1) is 11.7 Å². The number of rotatable bonds is 3. The van der Waals surface area contributed by atoms with Gasteiger partial charge < -0.3 is 4.90 Å². The Morgan fingerprint density at radius 3 is 2.83 bits per heavy atom. The van der Waals surface area contributed by atoms with E-state index in [9.17, 15) is 9.18 Å². The normalized spacial score (nSPS) is 20.6. The number of carbonyl (C=O) groups excluding carboxylic acids is 1. The van der Waals surface area contributed by atoms with Crippen LogP contribution in [0.5, 0.6) is 0 Å². The smallest absolute Gasteiger partial charge is 0.146 e. The van der Waals surface area contributed by atoms with Gasteiger partial charge in [0.25, 0.3) is 0 Å². The van der Waals surface area contributed by atoms with Gasteiger partial charge in [0.05, 0.1) is 5.69 Å². The van der Waals surface area contributed by atoms with E-state index < -0.39 is 0 Å². The predicted octanol–water partition coefficient (Wildman–Crippen LogP) is 3.41. The summed E-state index contributed by atoms with van der Waals surface area (Å²) >= 11 is 0. The molecule has 0 saturated heterocycles. The number of benzene rings is 1. The minimum atomic E-state index is -0.221. The van der Waals surface area contributed by atoms with Crippen LogP contribution in [0.1, 0.15) is 32.1 Å². The predicted molar refractivity (Wildman–Crippen MR) is 71.3 cm³/mol. The molecule has 0 amide bonds. The molecular weight excluding hydrogens is 229 g/mol. The maximum atomic E-state index is 13.6. The van der Waals surface area contributed by atoms with Gasteiger partial charge in [-0.05, 0) is 25.0 Å². The number of ketones is 1. The number of para-hydroxylation sites is 1. The number of hydrogen-bond acceptors (Lipinski definition) is 2. The van der Waals surface area contributed by atoms with Crippen molar-refractivity contribution < 1.29 is 9.18 Å². The number of nitrogens with zero attached hydrogens (tertiary/aromatic N) is 1. The molecule has 1 fully saturated rings. The molecule has 1 aromatic rings. The molecule has 98 valence electrons. The van der Waals surface area contributed by atoms with Gasteiger partial charge in [0, 0.05) is 25.9 Å². The van der Waals surface area contributed by atoms with E-state index in [4.69, 9.17) is 0 Å². The van der Waals surface area contributed by atoms with E-state index in [0.29, 0.717) is 24.4 Å². The van der Waals surface area contributed by atoms with Crippen LogP contribution in [0.2, 0.25) is 0 Å². The minimum Gasteiger partial charge on any atom is -0.372 e. The van der Waals surface area contributed by atoms with Gasteiger partial charge in [-0.25, -0.2) is 4.39 Å². The molecule has 3 heteroatoms. The summed E-state index contributed by atoms with van der Waals surface area (Å²) in [5.41, 5.74) is 0.578. The molecule has 0 spiro atoms. The third-order valence-corrected chi connectivity index (χ3v) is 3.69. The summed E-state index contributed by atoms with van der Waals surface area (Å²) in [5.74, 6) is 0.189. The van der Waals surface area contributed by atoms with Crippen molar-refractivity contribution in [3.63, 3.8) is 0 Å². The molecule has 0 aromatic heterocycles. The van der Waals surface area contributed by atoms with Crippen LogP contribution >= 0.6 is 0 Å². The van der Waals surface area contributed by atoms with E-state index in [1.54, 1.807) is 12.1 Å². The zero-order valence-corrected chi connectivity index (χ0v) is 10.9. The highest BCUT2D eigenvalue weighted by molar-refractivity contribution is 5.81. The van der Waals surface area contributed by atoms with E-state index in [1.165, 1.54) is 6.07 Å². The molecule has 1 aliphatic rings. The SMILES string of the molecule is CN(CC1CCCCCC1=O)c1ccccc1F. The monoisotopic (exact) mass is 249 g/mol. The van der Waals surface area contributed by atoms with Gasteiger partial charge >= 0.3 is 0 Å². The zero-order valence-electron chi connectivity index (χ0n) is 10.9. The largest absolute Gasteiger partial charge is 0.372 e. The lowest BCUT2D eigenvalue weighted by Gasteiger charge is -2.24. The molecular formula is C15H20FNO. The Labute approximate surface area is 108 Å². The first-order valence-corrected chi connectivity index (χ1v) is 6.67. The van der Waals surface area contributed by atoms with Gasteiger partial charge in [0.2, 0.25) is 0 Å². The molecule has 1 atom stereocenters. The molecule has 2 nitrogen and oxygen atoms in total. The van der Waals surface area contributed by atoms with Crippen LogP contribution in [0.3, 0.4) is 0 Å². The van der Waals surface area contributed by atoms with Gasteiger partial charge in [0.1, 0.15) is 11.6 Å². The van der Waals surface area contributed by atoms with Crippen LogP contribution in [-0.2, 0) is 4.79 Å². The van der Waals surface area contributed by atoms with E-state index >= 15 is 0 Å². The first-order valence-electron chi connectivity index (χ1n) is 6.67. The van der Waals surface area contributed by atoms with Crippen molar-refractivity contribution in [1.29, 1.82) is 0 Å². The molecule has 1 aromatic carbocycles. The van der Waals surface area contributed by atoms with Crippen molar-refractivity contribution in [1.82, 2.24) is 0 Å². The molecule has 1 saturated carbocycles. The summed E-state index contributed by atoms with van der Waals surface area (Å²) < 4.78 is 13.6. The molecule has 18 heavy (non-hydrogen) atoms. The molecule has 0 heterocycles. The fourth-order valence-electron chi connectivity index (χ4n) is 2.62. The van der Waals surface area contributed by atoms with Gasteiger partial charge in [-0.2, -0.15) is 0 Å². The van der Waals surface area contributed by atoms with E-state index in [2.05, 4.69) is 0 Å². The average Bonchev–Trinajstić information content (AvgIpc) is 2.55. The number of hydrogen-bond donors (Lipinski definition) is 0. The van der Waals surface area contributed by atoms with Crippen molar-refractivity contribution >= 4 is 11.5 Å². The average molecular weight is 249 g/mol. The Hall–Kier alpha value is -1.38. The maximum absolute atomic E-state index is 13.6. The molecule has 1 unspecified atom stereocenters. The quantitative estimate of drug-likeness (QED) is 0.765. The second kappa shape index (κ2) is 5.98. The molecule has 0 bridgehead atoms. The standard InChI is InChI=1S/C15H20FNO/c1-17(14-9-6-5-8-13(14)16)11-12-7-3-2-4-10-15(12)18/h5-6,8-9,12H,2-4,7,10-11H2,1H3. The summed E-state index contributed by atoms with van der Waals surface area (Å²) in [6, 6.07) is 6.73. The zero-order chi connectivity index (χ0) is 13.0. The minimum absolute atomic E-state index is 0.0668. The molecule has 0 aliphatic heterocycles. The van der Waals surface area contributed by atoms with Crippen molar-refractivity contribution in [3.05, 3.63) is 30.1 Å². The van der Waals surface area contributed by atoms with Crippen molar-refractivity contribution in [2.75, 3.05) is 18.5 Å². The first-order chi connectivity index (χ1) is 8.68. The first kappa shape index (κ1) is 13.1. The fraction of sp³-hybridized carbons (Fsp3) is 0.533. The van der Waals surface area contributed by atoms with E-state index in [1.807, 2.05) is 18.0 Å². The van der Waals surface area contributed by atoms with Gasteiger partial charge in [-0.3, -0.25) is 4.79 Å². The van der Waals surface area contributed by atoms with Crippen molar-refractivity contribution in [3.8, 4) is 0 Å². The Morgan fingerprint density at radius 1 is 1.28 bits per heavy atom. The summed E-state index contributed by atoms with van der Waals surface area (Å²) in [4.78, 5) is 13.8. The summed E-state index contributed by atoms with van der Waals surface area (Å²) in [6.45, 7) is 0.625. The van der Waals surface area contributed by atoms with Gasteiger partial charge in [-0.15, -0.1) is 0 Å². The number of anilines is 1. The Kier molecular flexibility index (Phi) is 4.34. The Bertz CT molecular complexity index is 419. The van der Waals surface area contributed by atoms with Crippen molar-refractivity contribution in [2.45, 2.75) is 32.1 Å². The summed E-state index contributed by atoms with van der Waals surface area (Å²) in [5, 5.41) is 0. The van der Waals surface area contributed by atoms with Crippen LogP contribution in [-0.4, -0.2) is 19.4 Å². The lowest BCUT2D eigenvalue weighted by atomic mass is 9.98. The Morgan fingerprint density at radius 2 is 2.06 bits per heavy atom. The summed E-state index contributed by atoms with van der Waals surface area (Å²) in [6.07, 6.45) is 4.90. The fourth-order valence-corrected chi connectivity index (χ4v) is 2.62. The highest BCUT2D eigenvalue weighted by Gasteiger charge is 2.22. The second-order valence-electron chi connectivity index (χ2n) is 5.09. The van der Waals surface area contributed by atoms with Crippen LogP contribution in [0.15, 0.2) is 24.3 Å². The second-order valence-corrected chi connectivity index (χ2v) is 5.09. The van der Waals surface area contributed by atoms with Crippen LogP contribution in [0.25, 0.3) is 0 Å². The topological polar surface area (TPSA) is 20.3 Å². The third kappa shape index (κ3) is 3.09. The molecule has 0 radical (unpaired) electrons. The number of Topliss-reactive ketones (excluding diaryl/α,β-unsaturated/α-hetero) is 1. The maximum Gasteiger partial charge on any atom is 0.146 e. The number of carbonyl (C=O) groups is 1.